The smallest absolute Gasteiger partial charge is 0.151 e. The van der Waals surface area contributed by atoms with E-state index in [9.17, 15) is 9.18 Å². The van der Waals surface area contributed by atoms with E-state index in [0.29, 0.717) is 29.2 Å². The zero-order chi connectivity index (χ0) is 10.1. The maximum atomic E-state index is 13.8. The van der Waals surface area contributed by atoms with E-state index in [0.717, 1.165) is 4.70 Å². The molecule has 0 unspecified atom stereocenters. The van der Waals surface area contributed by atoms with Gasteiger partial charge in [-0.2, -0.15) is 0 Å². The molecule has 14 heavy (non-hydrogen) atoms. The molecule has 0 N–H and O–H groups in total. The zero-order valence-electron chi connectivity index (χ0n) is 7.71. The first-order valence-electron chi connectivity index (χ1n) is 4.41. The highest BCUT2D eigenvalue weighted by atomic mass is 32.1. The third-order valence-corrected chi connectivity index (χ3v) is 3.26. The van der Waals surface area contributed by atoms with Gasteiger partial charge in [0.2, 0.25) is 0 Å². The van der Waals surface area contributed by atoms with E-state index in [-0.39, 0.29) is 5.82 Å². The standard InChI is InChI=1S/C11H9FOS/c1-2-7-3-4-9-10(11(7)12)8(5-13)6-14-9/h3-6H,2H2,1H3. The highest BCUT2D eigenvalue weighted by Crippen LogP contribution is 2.29. The Morgan fingerprint density at radius 2 is 2.29 bits per heavy atom. The van der Waals surface area contributed by atoms with Gasteiger partial charge in [0.05, 0.1) is 0 Å². The number of rotatable bonds is 2. The van der Waals surface area contributed by atoms with Gasteiger partial charge in [0, 0.05) is 21.0 Å². The first kappa shape index (κ1) is 9.34. The Labute approximate surface area is 85.2 Å². The van der Waals surface area contributed by atoms with Crippen LogP contribution in [0.25, 0.3) is 10.1 Å². The minimum absolute atomic E-state index is 0.242. The van der Waals surface area contributed by atoms with E-state index < -0.39 is 0 Å². The zero-order valence-corrected chi connectivity index (χ0v) is 8.53. The molecule has 1 aromatic heterocycles. The van der Waals surface area contributed by atoms with Gasteiger partial charge in [-0.05, 0) is 18.1 Å². The molecular formula is C11H9FOS. The number of aldehydes is 1. The van der Waals surface area contributed by atoms with Gasteiger partial charge in [-0.1, -0.05) is 13.0 Å². The summed E-state index contributed by atoms with van der Waals surface area (Å²) in [6.45, 7) is 1.90. The SMILES string of the molecule is CCc1ccc2scc(C=O)c2c1F. The molecule has 0 bridgehead atoms. The Morgan fingerprint density at radius 1 is 1.50 bits per heavy atom. The molecule has 0 spiro atoms. The Balaban J connectivity index is 2.83. The molecule has 3 heteroatoms. The number of fused-ring (bicyclic) bond motifs is 1. The van der Waals surface area contributed by atoms with E-state index in [2.05, 4.69) is 0 Å². The van der Waals surface area contributed by atoms with Gasteiger partial charge in [-0.25, -0.2) is 4.39 Å². The Bertz CT molecular complexity index is 487. The maximum Gasteiger partial charge on any atom is 0.151 e. The van der Waals surface area contributed by atoms with Crippen molar-refractivity contribution in [3.8, 4) is 0 Å². The van der Waals surface area contributed by atoms with Crippen LogP contribution in [-0.4, -0.2) is 6.29 Å². The highest BCUT2D eigenvalue weighted by molar-refractivity contribution is 7.17. The van der Waals surface area contributed by atoms with Crippen LogP contribution in [0.5, 0.6) is 0 Å². The number of hydrogen-bond acceptors (Lipinski definition) is 2. The third-order valence-electron chi connectivity index (χ3n) is 2.29. The van der Waals surface area contributed by atoms with Crippen molar-refractivity contribution in [2.75, 3.05) is 0 Å². The predicted octanol–water partition coefficient (Wildman–Crippen LogP) is 3.42. The van der Waals surface area contributed by atoms with Gasteiger partial charge in [-0.3, -0.25) is 4.79 Å². The van der Waals surface area contributed by atoms with E-state index in [4.69, 9.17) is 0 Å². The number of halogens is 1. The monoisotopic (exact) mass is 208 g/mol. The Kier molecular flexibility index (Phi) is 2.33. The normalized spacial score (nSPS) is 10.7. The number of thiophene rings is 1. The third kappa shape index (κ3) is 1.24. The Morgan fingerprint density at radius 3 is 2.93 bits per heavy atom. The van der Waals surface area contributed by atoms with Crippen molar-refractivity contribution in [2.45, 2.75) is 13.3 Å². The molecule has 72 valence electrons. The van der Waals surface area contributed by atoms with Crippen LogP contribution in [-0.2, 0) is 6.42 Å². The lowest BCUT2D eigenvalue weighted by molar-refractivity contribution is 0.112. The fraction of sp³-hybridized carbons (Fsp3) is 0.182. The summed E-state index contributed by atoms with van der Waals surface area (Å²) in [5, 5.41) is 2.17. The summed E-state index contributed by atoms with van der Waals surface area (Å²) < 4.78 is 14.6. The van der Waals surface area contributed by atoms with Crippen molar-refractivity contribution in [2.24, 2.45) is 0 Å². The summed E-state index contributed by atoms with van der Waals surface area (Å²) in [5.74, 6) is -0.242. The van der Waals surface area contributed by atoms with Crippen molar-refractivity contribution >= 4 is 27.7 Å². The molecule has 0 fully saturated rings. The lowest BCUT2D eigenvalue weighted by Crippen LogP contribution is -1.89. The van der Waals surface area contributed by atoms with Gasteiger partial charge in [-0.15, -0.1) is 11.3 Å². The second-order valence-electron chi connectivity index (χ2n) is 3.07. The average molecular weight is 208 g/mol. The molecule has 1 heterocycles. The lowest BCUT2D eigenvalue weighted by atomic mass is 10.1. The molecule has 0 aliphatic carbocycles. The maximum absolute atomic E-state index is 13.8. The van der Waals surface area contributed by atoms with Crippen LogP contribution >= 0.6 is 11.3 Å². The Hall–Kier alpha value is -1.22. The van der Waals surface area contributed by atoms with Crippen LogP contribution in [0.2, 0.25) is 0 Å². The van der Waals surface area contributed by atoms with Crippen molar-refractivity contribution in [3.05, 3.63) is 34.5 Å². The summed E-state index contributed by atoms with van der Waals surface area (Å²) in [5.41, 5.74) is 1.12. The van der Waals surface area contributed by atoms with Crippen molar-refractivity contribution < 1.29 is 9.18 Å². The summed E-state index contributed by atoms with van der Waals surface area (Å²) in [7, 11) is 0. The molecule has 0 saturated heterocycles. The second-order valence-corrected chi connectivity index (χ2v) is 3.99. The van der Waals surface area contributed by atoms with Gasteiger partial charge in [0.1, 0.15) is 5.82 Å². The second kappa shape index (κ2) is 3.50. The molecular weight excluding hydrogens is 199 g/mol. The number of aryl methyl sites for hydroxylation is 1. The van der Waals surface area contributed by atoms with Gasteiger partial charge < -0.3 is 0 Å². The highest BCUT2D eigenvalue weighted by Gasteiger charge is 2.11. The van der Waals surface area contributed by atoms with Crippen molar-refractivity contribution in [1.29, 1.82) is 0 Å². The quantitative estimate of drug-likeness (QED) is 0.691. The first-order valence-corrected chi connectivity index (χ1v) is 5.29. The number of carbonyl (C=O) groups excluding carboxylic acids is 1. The minimum atomic E-state index is -0.242. The summed E-state index contributed by atoms with van der Waals surface area (Å²) >= 11 is 1.40. The summed E-state index contributed by atoms with van der Waals surface area (Å²) in [6.07, 6.45) is 1.36. The van der Waals surface area contributed by atoms with Crippen molar-refractivity contribution in [3.63, 3.8) is 0 Å². The molecule has 0 saturated carbocycles. The van der Waals surface area contributed by atoms with E-state index in [1.54, 1.807) is 11.4 Å². The van der Waals surface area contributed by atoms with Crippen LogP contribution in [0.4, 0.5) is 4.39 Å². The fourth-order valence-corrected chi connectivity index (χ4v) is 2.41. The van der Waals surface area contributed by atoms with Crippen LogP contribution in [0.3, 0.4) is 0 Å². The van der Waals surface area contributed by atoms with Crippen LogP contribution < -0.4 is 0 Å². The van der Waals surface area contributed by atoms with E-state index in [1.807, 2.05) is 13.0 Å². The first-order chi connectivity index (χ1) is 6.77. The van der Waals surface area contributed by atoms with Gasteiger partial charge in [0.15, 0.2) is 6.29 Å². The van der Waals surface area contributed by atoms with Gasteiger partial charge in [0.25, 0.3) is 0 Å². The molecule has 2 rings (SSSR count). The molecule has 0 aliphatic rings. The molecule has 0 aliphatic heterocycles. The summed E-state index contributed by atoms with van der Waals surface area (Å²) in [6, 6.07) is 3.65. The fourth-order valence-electron chi connectivity index (χ4n) is 1.51. The molecule has 0 amide bonds. The molecule has 2 aromatic rings. The lowest BCUT2D eigenvalue weighted by Gasteiger charge is -2.00. The molecule has 1 nitrogen and oxygen atoms in total. The number of hydrogen-bond donors (Lipinski definition) is 0. The predicted molar refractivity (Wildman–Crippen MR) is 56.5 cm³/mol. The number of carbonyl (C=O) groups is 1. The van der Waals surface area contributed by atoms with Crippen molar-refractivity contribution in [1.82, 2.24) is 0 Å². The summed E-state index contributed by atoms with van der Waals surface area (Å²) in [4.78, 5) is 10.7. The molecule has 1 aromatic carbocycles. The van der Waals surface area contributed by atoms with Crippen LogP contribution in [0, 0.1) is 5.82 Å². The van der Waals surface area contributed by atoms with Crippen LogP contribution in [0.1, 0.15) is 22.8 Å². The van der Waals surface area contributed by atoms with E-state index >= 15 is 0 Å². The van der Waals surface area contributed by atoms with E-state index in [1.165, 1.54) is 11.3 Å². The average Bonchev–Trinajstić information content (AvgIpc) is 2.62. The molecule has 0 radical (unpaired) electrons. The van der Waals surface area contributed by atoms with Gasteiger partial charge >= 0.3 is 0 Å². The molecule has 0 atom stereocenters. The largest absolute Gasteiger partial charge is 0.298 e. The number of benzene rings is 1. The van der Waals surface area contributed by atoms with Crippen LogP contribution in [0.15, 0.2) is 17.5 Å². The minimum Gasteiger partial charge on any atom is -0.298 e. The topological polar surface area (TPSA) is 17.1 Å².